The highest BCUT2D eigenvalue weighted by Crippen LogP contribution is 2.29. The van der Waals surface area contributed by atoms with Gasteiger partial charge in [0, 0.05) is 12.0 Å². The van der Waals surface area contributed by atoms with Crippen molar-refractivity contribution < 1.29 is 19.0 Å². The molecule has 0 heterocycles. The maximum absolute atomic E-state index is 13.8. The van der Waals surface area contributed by atoms with E-state index in [0.29, 0.717) is 22.5 Å². The third-order valence-electron chi connectivity index (χ3n) is 2.93. The van der Waals surface area contributed by atoms with Crippen molar-refractivity contribution in [2.45, 2.75) is 19.5 Å². The van der Waals surface area contributed by atoms with Gasteiger partial charge in [-0.2, -0.15) is 0 Å². The van der Waals surface area contributed by atoms with Crippen molar-refractivity contribution >= 4 is 11.5 Å². The van der Waals surface area contributed by atoms with Crippen LogP contribution in [0, 0.1) is 0 Å². The van der Waals surface area contributed by atoms with Gasteiger partial charge in [0.05, 0.1) is 5.76 Å². The smallest absolute Gasteiger partial charge is 0.338 e. The van der Waals surface area contributed by atoms with Crippen molar-refractivity contribution in [1.82, 2.24) is 0 Å². The molecule has 0 saturated carbocycles. The van der Waals surface area contributed by atoms with E-state index in [1.165, 1.54) is 6.08 Å². The van der Waals surface area contributed by atoms with E-state index >= 15 is 0 Å². The fourth-order valence-corrected chi connectivity index (χ4v) is 1.84. The first-order valence-electron chi connectivity index (χ1n) is 6.19. The zero-order chi connectivity index (χ0) is 14.7. The van der Waals surface area contributed by atoms with Gasteiger partial charge in [-0.3, -0.25) is 0 Å². The molecule has 1 unspecified atom stereocenters. The molecule has 4 heteroatoms. The largest absolute Gasteiger partial charge is 0.512 e. The van der Waals surface area contributed by atoms with Gasteiger partial charge in [-0.25, -0.2) is 9.18 Å². The second-order valence-corrected chi connectivity index (χ2v) is 4.65. The molecule has 20 heavy (non-hydrogen) atoms. The Labute approximate surface area is 116 Å². The van der Waals surface area contributed by atoms with Gasteiger partial charge in [0.1, 0.15) is 11.9 Å². The molecule has 2 rings (SSSR count). The standard InChI is InChI=1S/C16H15FO3/c1-10(2)16(19)20-13-6-3-11(4-7-13)14-8-5-12(18)9-15(14)17/h3-8,15,18H,1,9H2,2H3. The van der Waals surface area contributed by atoms with Gasteiger partial charge < -0.3 is 9.84 Å². The van der Waals surface area contributed by atoms with Gasteiger partial charge in [0.15, 0.2) is 0 Å². The SMILES string of the molecule is C=C(C)C(=O)Oc1ccc(C2=CC=C(O)CC2F)cc1. The Morgan fingerprint density at radius 3 is 2.55 bits per heavy atom. The number of aliphatic hydroxyl groups is 1. The maximum atomic E-state index is 13.8. The van der Waals surface area contributed by atoms with Crippen LogP contribution in [-0.4, -0.2) is 17.2 Å². The Morgan fingerprint density at radius 1 is 1.35 bits per heavy atom. The Hall–Kier alpha value is -2.36. The quantitative estimate of drug-likeness (QED) is 0.519. The Bertz CT molecular complexity index is 597. The Balaban J connectivity index is 2.16. The molecule has 104 valence electrons. The fraction of sp³-hybridized carbons (Fsp3) is 0.188. The Morgan fingerprint density at radius 2 is 2.00 bits per heavy atom. The van der Waals surface area contributed by atoms with Crippen LogP contribution >= 0.6 is 0 Å². The van der Waals surface area contributed by atoms with E-state index in [4.69, 9.17) is 4.74 Å². The lowest BCUT2D eigenvalue weighted by Gasteiger charge is -2.16. The summed E-state index contributed by atoms with van der Waals surface area (Å²) in [6.07, 6.45) is 1.79. The number of hydrogen-bond donors (Lipinski definition) is 1. The lowest BCUT2D eigenvalue weighted by molar-refractivity contribution is -0.130. The number of ether oxygens (including phenoxy) is 1. The van der Waals surface area contributed by atoms with Crippen molar-refractivity contribution in [3.8, 4) is 5.75 Å². The van der Waals surface area contributed by atoms with Gasteiger partial charge in [-0.05, 0) is 36.3 Å². The molecule has 0 bridgehead atoms. The average Bonchev–Trinajstić information content (AvgIpc) is 2.40. The van der Waals surface area contributed by atoms with Crippen LogP contribution in [0.15, 0.2) is 54.3 Å². The molecule has 0 spiro atoms. The van der Waals surface area contributed by atoms with E-state index in [0.717, 1.165) is 0 Å². The summed E-state index contributed by atoms with van der Waals surface area (Å²) in [6, 6.07) is 6.55. The first kappa shape index (κ1) is 14.1. The minimum absolute atomic E-state index is 0.0156. The molecule has 0 fully saturated rings. The van der Waals surface area contributed by atoms with Crippen LogP contribution in [0.2, 0.25) is 0 Å². The third-order valence-corrected chi connectivity index (χ3v) is 2.93. The van der Waals surface area contributed by atoms with E-state index in [1.807, 2.05) is 0 Å². The highest BCUT2D eigenvalue weighted by Gasteiger charge is 2.19. The topological polar surface area (TPSA) is 46.5 Å². The maximum Gasteiger partial charge on any atom is 0.338 e. The van der Waals surface area contributed by atoms with Crippen molar-refractivity contribution in [1.29, 1.82) is 0 Å². The van der Waals surface area contributed by atoms with Crippen molar-refractivity contribution in [3.63, 3.8) is 0 Å². The van der Waals surface area contributed by atoms with Crippen LogP contribution in [0.1, 0.15) is 18.9 Å². The van der Waals surface area contributed by atoms with E-state index < -0.39 is 12.1 Å². The summed E-state index contributed by atoms with van der Waals surface area (Å²) < 4.78 is 18.9. The number of esters is 1. The molecule has 1 aromatic carbocycles. The first-order chi connectivity index (χ1) is 9.47. The predicted molar refractivity (Wildman–Crippen MR) is 75.1 cm³/mol. The van der Waals surface area contributed by atoms with Crippen molar-refractivity contribution in [2.75, 3.05) is 0 Å². The fourth-order valence-electron chi connectivity index (χ4n) is 1.84. The number of aliphatic hydroxyl groups excluding tert-OH is 1. The molecule has 1 aliphatic carbocycles. The van der Waals surface area contributed by atoms with E-state index in [9.17, 15) is 14.3 Å². The van der Waals surface area contributed by atoms with Gasteiger partial charge >= 0.3 is 5.97 Å². The summed E-state index contributed by atoms with van der Waals surface area (Å²) in [5, 5.41) is 9.25. The van der Waals surface area contributed by atoms with Gasteiger partial charge in [0.2, 0.25) is 0 Å². The molecule has 0 saturated heterocycles. The Kier molecular flexibility index (Phi) is 4.03. The molecule has 1 aliphatic rings. The zero-order valence-electron chi connectivity index (χ0n) is 11.1. The molecular formula is C16H15FO3. The molecule has 0 aliphatic heterocycles. The number of halogens is 1. The zero-order valence-corrected chi connectivity index (χ0v) is 11.1. The predicted octanol–water partition coefficient (Wildman–Crippen LogP) is 3.74. The number of benzene rings is 1. The molecule has 1 aromatic rings. The average molecular weight is 274 g/mol. The van der Waals surface area contributed by atoms with Gasteiger partial charge in [-0.1, -0.05) is 24.8 Å². The lowest BCUT2D eigenvalue weighted by Crippen LogP contribution is -2.09. The van der Waals surface area contributed by atoms with Gasteiger partial charge in [-0.15, -0.1) is 0 Å². The number of carbonyl (C=O) groups is 1. The minimum atomic E-state index is -1.23. The number of hydrogen-bond acceptors (Lipinski definition) is 3. The number of alkyl halides is 1. The summed E-state index contributed by atoms with van der Waals surface area (Å²) in [7, 11) is 0. The third kappa shape index (κ3) is 3.15. The lowest BCUT2D eigenvalue weighted by atomic mass is 9.95. The van der Waals surface area contributed by atoms with E-state index in [1.54, 1.807) is 37.3 Å². The number of allylic oxidation sites excluding steroid dienone is 4. The van der Waals surface area contributed by atoms with Crippen molar-refractivity contribution in [2.24, 2.45) is 0 Å². The van der Waals surface area contributed by atoms with E-state index in [-0.39, 0.29) is 12.2 Å². The molecule has 0 radical (unpaired) electrons. The summed E-state index contributed by atoms with van der Waals surface area (Å²) >= 11 is 0. The van der Waals surface area contributed by atoms with Crippen LogP contribution in [-0.2, 0) is 4.79 Å². The van der Waals surface area contributed by atoms with Crippen LogP contribution in [0.5, 0.6) is 5.75 Å². The summed E-state index contributed by atoms with van der Waals surface area (Å²) in [4.78, 5) is 11.4. The van der Waals surface area contributed by atoms with Crippen molar-refractivity contribution in [3.05, 3.63) is 59.9 Å². The van der Waals surface area contributed by atoms with Crippen LogP contribution in [0.25, 0.3) is 5.57 Å². The summed E-state index contributed by atoms with van der Waals surface area (Å²) in [5.41, 5.74) is 1.51. The van der Waals surface area contributed by atoms with Crippen LogP contribution in [0.3, 0.4) is 0 Å². The van der Waals surface area contributed by atoms with E-state index in [2.05, 4.69) is 6.58 Å². The first-order valence-corrected chi connectivity index (χ1v) is 6.19. The molecule has 0 aromatic heterocycles. The van der Waals surface area contributed by atoms with Crippen LogP contribution < -0.4 is 4.74 Å². The highest BCUT2D eigenvalue weighted by atomic mass is 19.1. The number of rotatable bonds is 3. The second kappa shape index (κ2) is 5.74. The summed E-state index contributed by atoms with van der Waals surface area (Å²) in [5.74, 6) is -0.0777. The molecule has 1 atom stereocenters. The second-order valence-electron chi connectivity index (χ2n) is 4.65. The van der Waals surface area contributed by atoms with Gasteiger partial charge in [0.25, 0.3) is 0 Å². The van der Waals surface area contributed by atoms with Crippen LogP contribution in [0.4, 0.5) is 4.39 Å². The molecule has 3 nitrogen and oxygen atoms in total. The normalized spacial score (nSPS) is 18.0. The molecular weight excluding hydrogens is 259 g/mol. The minimum Gasteiger partial charge on any atom is -0.512 e. The molecule has 1 N–H and O–H groups in total. The monoisotopic (exact) mass is 274 g/mol. The molecule has 0 amide bonds. The summed E-state index contributed by atoms with van der Waals surface area (Å²) in [6.45, 7) is 5.06. The number of carbonyl (C=O) groups excluding carboxylic acids is 1. The highest BCUT2D eigenvalue weighted by molar-refractivity contribution is 5.88.